The highest BCUT2D eigenvalue weighted by atomic mass is 19.3. The number of hydrogen-bond donors (Lipinski definition) is 1. The first kappa shape index (κ1) is 11.0. The largest absolute Gasteiger partial charge is 0.386 e. The number of aliphatic hydroxyl groups is 1. The van der Waals surface area contributed by atoms with Crippen molar-refractivity contribution in [2.75, 3.05) is 6.61 Å². The third-order valence-electron chi connectivity index (χ3n) is 2.79. The summed E-state index contributed by atoms with van der Waals surface area (Å²) in [6.07, 6.45) is 1.04. The zero-order chi connectivity index (χ0) is 11.3. The van der Waals surface area contributed by atoms with Gasteiger partial charge < -0.3 is 14.6 Å². The van der Waals surface area contributed by atoms with Crippen LogP contribution in [0.25, 0.3) is 0 Å². The van der Waals surface area contributed by atoms with Gasteiger partial charge >= 0.3 is 5.92 Å². The van der Waals surface area contributed by atoms with E-state index in [4.69, 9.17) is 9.47 Å². The van der Waals surface area contributed by atoms with Crippen LogP contribution in [0.15, 0.2) is 12.2 Å². The fraction of sp³-hybridized carbons (Fsp3) is 0.800. The molecule has 0 amide bonds. The Morgan fingerprint density at radius 2 is 2.07 bits per heavy atom. The molecule has 1 spiro atoms. The first-order chi connectivity index (χ1) is 6.79. The van der Waals surface area contributed by atoms with Gasteiger partial charge in [0, 0.05) is 0 Å². The molecule has 3 nitrogen and oxygen atoms in total. The molecule has 1 fully saturated rings. The van der Waals surface area contributed by atoms with Crippen LogP contribution in [0.2, 0.25) is 0 Å². The second kappa shape index (κ2) is 2.99. The first-order valence-electron chi connectivity index (χ1n) is 4.87. The Hall–Kier alpha value is -0.520. The number of ether oxygens (including phenoxy) is 2. The number of rotatable bonds is 0. The SMILES string of the molecule is CC1(C)OC[C@@]2(C=CC[C@@H](O)C2(F)F)O1. The highest BCUT2D eigenvalue weighted by Gasteiger charge is 2.64. The fourth-order valence-electron chi connectivity index (χ4n) is 1.95. The van der Waals surface area contributed by atoms with Crippen molar-refractivity contribution in [3.05, 3.63) is 12.2 Å². The number of alkyl halides is 2. The number of aliphatic hydroxyl groups excluding tert-OH is 1. The molecule has 0 saturated carbocycles. The van der Waals surface area contributed by atoms with Crippen molar-refractivity contribution in [1.29, 1.82) is 0 Å². The molecule has 1 aliphatic carbocycles. The van der Waals surface area contributed by atoms with E-state index in [1.54, 1.807) is 13.8 Å². The fourth-order valence-corrected chi connectivity index (χ4v) is 1.95. The molecule has 1 saturated heterocycles. The molecule has 2 atom stereocenters. The van der Waals surface area contributed by atoms with E-state index >= 15 is 0 Å². The van der Waals surface area contributed by atoms with Crippen molar-refractivity contribution in [2.45, 2.75) is 43.7 Å². The maximum absolute atomic E-state index is 13.8. The van der Waals surface area contributed by atoms with E-state index < -0.39 is 23.4 Å². The van der Waals surface area contributed by atoms with Crippen molar-refractivity contribution in [1.82, 2.24) is 0 Å². The summed E-state index contributed by atoms with van der Waals surface area (Å²) in [7, 11) is 0. The van der Waals surface area contributed by atoms with Crippen LogP contribution >= 0.6 is 0 Å². The molecule has 0 radical (unpaired) electrons. The van der Waals surface area contributed by atoms with Gasteiger partial charge in [-0.2, -0.15) is 0 Å². The van der Waals surface area contributed by atoms with E-state index in [2.05, 4.69) is 0 Å². The van der Waals surface area contributed by atoms with Gasteiger partial charge in [0.05, 0.1) is 6.61 Å². The normalized spacial score (nSPS) is 42.3. The summed E-state index contributed by atoms with van der Waals surface area (Å²) in [5, 5.41) is 9.30. The predicted octanol–water partition coefficient (Wildman–Crippen LogP) is 1.46. The summed E-state index contributed by atoms with van der Waals surface area (Å²) >= 11 is 0. The average Bonchev–Trinajstić information content (AvgIpc) is 2.41. The molecule has 1 heterocycles. The van der Waals surface area contributed by atoms with Gasteiger partial charge in [-0.1, -0.05) is 6.08 Å². The van der Waals surface area contributed by atoms with Crippen molar-refractivity contribution in [2.24, 2.45) is 0 Å². The third kappa shape index (κ3) is 1.49. The van der Waals surface area contributed by atoms with E-state index in [1.165, 1.54) is 12.2 Å². The van der Waals surface area contributed by atoms with Gasteiger partial charge in [0.1, 0.15) is 6.10 Å². The molecule has 1 aliphatic heterocycles. The van der Waals surface area contributed by atoms with E-state index in [9.17, 15) is 13.9 Å². The Labute approximate surface area is 86.7 Å². The zero-order valence-corrected chi connectivity index (χ0v) is 8.67. The van der Waals surface area contributed by atoms with Crippen molar-refractivity contribution >= 4 is 0 Å². The maximum Gasteiger partial charge on any atom is 0.307 e. The molecule has 5 heteroatoms. The van der Waals surface area contributed by atoms with Crippen molar-refractivity contribution < 1.29 is 23.4 Å². The van der Waals surface area contributed by atoms with Gasteiger partial charge in [0.15, 0.2) is 11.4 Å². The molecular formula is C10H14F2O3. The second-order valence-electron chi connectivity index (χ2n) is 4.46. The van der Waals surface area contributed by atoms with Gasteiger partial charge in [0.25, 0.3) is 0 Å². The summed E-state index contributed by atoms with van der Waals surface area (Å²) in [5.74, 6) is -4.35. The van der Waals surface area contributed by atoms with Crippen LogP contribution in [0.4, 0.5) is 8.78 Å². The van der Waals surface area contributed by atoms with Gasteiger partial charge in [-0.05, 0) is 26.3 Å². The summed E-state index contributed by atoms with van der Waals surface area (Å²) in [6, 6.07) is 0. The smallest absolute Gasteiger partial charge is 0.307 e. The molecule has 0 aromatic carbocycles. The molecule has 0 unspecified atom stereocenters. The van der Waals surface area contributed by atoms with E-state index in [-0.39, 0.29) is 13.0 Å². The summed E-state index contributed by atoms with van der Waals surface area (Å²) < 4.78 is 38.0. The number of hydrogen-bond acceptors (Lipinski definition) is 3. The summed E-state index contributed by atoms with van der Waals surface area (Å²) in [4.78, 5) is 0. The Balaban J connectivity index is 2.35. The van der Waals surface area contributed by atoms with Gasteiger partial charge in [-0.3, -0.25) is 0 Å². The topological polar surface area (TPSA) is 38.7 Å². The van der Waals surface area contributed by atoms with E-state index in [0.29, 0.717) is 0 Å². The Kier molecular flexibility index (Phi) is 2.19. The Bertz CT molecular complexity index is 301. The van der Waals surface area contributed by atoms with Crippen LogP contribution in [0.5, 0.6) is 0 Å². The monoisotopic (exact) mass is 220 g/mol. The lowest BCUT2D eigenvalue weighted by molar-refractivity contribution is -0.245. The lowest BCUT2D eigenvalue weighted by Gasteiger charge is -2.39. The lowest BCUT2D eigenvalue weighted by Crippen LogP contribution is -2.58. The molecule has 2 rings (SSSR count). The van der Waals surface area contributed by atoms with Crippen LogP contribution in [0, 0.1) is 0 Å². The van der Waals surface area contributed by atoms with Crippen LogP contribution in [0.1, 0.15) is 20.3 Å². The standard InChI is InChI=1S/C10H14F2O3/c1-8(2)14-6-9(15-8)5-3-4-7(13)10(9,11)12/h3,5,7,13H,4,6H2,1-2H3/t7-,9-/m1/s1. The average molecular weight is 220 g/mol. The zero-order valence-electron chi connectivity index (χ0n) is 8.67. The first-order valence-corrected chi connectivity index (χ1v) is 4.87. The summed E-state index contributed by atoms with van der Waals surface area (Å²) in [5.41, 5.74) is -1.81. The highest BCUT2D eigenvalue weighted by Crippen LogP contribution is 2.47. The quantitative estimate of drug-likeness (QED) is 0.628. The van der Waals surface area contributed by atoms with E-state index in [1.807, 2.05) is 0 Å². The molecule has 1 N–H and O–H groups in total. The Morgan fingerprint density at radius 3 is 2.60 bits per heavy atom. The minimum absolute atomic E-state index is 0.0570. The summed E-state index contributed by atoms with van der Waals surface area (Å²) in [6.45, 7) is 2.92. The predicted molar refractivity (Wildman–Crippen MR) is 48.6 cm³/mol. The van der Waals surface area contributed by atoms with Gasteiger partial charge in [-0.25, -0.2) is 8.78 Å². The molecule has 0 bridgehead atoms. The van der Waals surface area contributed by atoms with Crippen molar-refractivity contribution in [3.63, 3.8) is 0 Å². The maximum atomic E-state index is 13.8. The van der Waals surface area contributed by atoms with Gasteiger partial charge in [0.2, 0.25) is 0 Å². The van der Waals surface area contributed by atoms with Crippen LogP contribution < -0.4 is 0 Å². The Morgan fingerprint density at radius 1 is 1.40 bits per heavy atom. The minimum atomic E-state index is -3.31. The molecule has 2 aliphatic rings. The third-order valence-corrected chi connectivity index (χ3v) is 2.79. The number of halogens is 2. The molecule has 0 aromatic rings. The highest BCUT2D eigenvalue weighted by molar-refractivity contribution is 5.19. The van der Waals surface area contributed by atoms with Crippen molar-refractivity contribution in [3.8, 4) is 0 Å². The lowest BCUT2D eigenvalue weighted by atomic mass is 9.85. The van der Waals surface area contributed by atoms with Crippen LogP contribution in [-0.4, -0.2) is 35.1 Å². The molecule has 15 heavy (non-hydrogen) atoms. The van der Waals surface area contributed by atoms with E-state index in [0.717, 1.165) is 0 Å². The molecule has 86 valence electrons. The minimum Gasteiger partial charge on any atom is -0.386 e. The van der Waals surface area contributed by atoms with Gasteiger partial charge in [-0.15, -0.1) is 0 Å². The molecule has 0 aromatic heterocycles. The second-order valence-corrected chi connectivity index (χ2v) is 4.46. The van der Waals surface area contributed by atoms with Crippen LogP contribution in [0.3, 0.4) is 0 Å². The van der Waals surface area contributed by atoms with Crippen LogP contribution in [-0.2, 0) is 9.47 Å². The molecular weight excluding hydrogens is 206 g/mol.